The molecule has 0 unspecified atom stereocenters. The van der Waals surface area contributed by atoms with Crippen LogP contribution in [0.3, 0.4) is 0 Å². The minimum atomic E-state index is 0.295. The maximum atomic E-state index is 5.48. The maximum Gasteiger partial charge on any atom is 0.189 e. The molecule has 2 heteroatoms. The van der Waals surface area contributed by atoms with Gasteiger partial charge >= 0.3 is 0 Å². The zero-order chi connectivity index (χ0) is 10.9. The van der Waals surface area contributed by atoms with Crippen LogP contribution in [0.25, 0.3) is 0 Å². The van der Waals surface area contributed by atoms with Crippen LogP contribution in [0, 0.1) is 12.3 Å². The van der Waals surface area contributed by atoms with Crippen molar-refractivity contribution in [1.82, 2.24) is 0 Å². The van der Waals surface area contributed by atoms with Crippen molar-refractivity contribution < 1.29 is 9.47 Å². The van der Waals surface area contributed by atoms with E-state index in [1.54, 1.807) is 0 Å². The summed E-state index contributed by atoms with van der Waals surface area (Å²) in [6.07, 6.45) is 6.81. The molecule has 0 aliphatic heterocycles. The van der Waals surface area contributed by atoms with Gasteiger partial charge in [-0.05, 0) is 25.0 Å². The van der Waals surface area contributed by atoms with E-state index in [4.69, 9.17) is 15.9 Å². The van der Waals surface area contributed by atoms with Crippen LogP contribution in [-0.2, 0) is 11.2 Å². The van der Waals surface area contributed by atoms with E-state index in [0.717, 1.165) is 24.2 Å². The number of ether oxygens (including phenoxy) is 2. The van der Waals surface area contributed by atoms with Crippen molar-refractivity contribution in [3.8, 4) is 18.1 Å². The highest BCUT2D eigenvalue weighted by molar-refractivity contribution is 5.33. The first-order valence-electron chi connectivity index (χ1n) is 5.10. The summed E-state index contributed by atoms with van der Waals surface area (Å²) >= 11 is 0. The van der Waals surface area contributed by atoms with Gasteiger partial charge in [0.1, 0.15) is 5.75 Å². The molecule has 80 valence electrons. The van der Waals surface area contributed by atoms with E-state index in [0.29, 0.717) is 13.4 Å². The van der Waals surface area contributed by atoms with E-state index in [-0.39, 0.29) is 0 Å². The largest absolute Gasteiger partial charge is 0.467 e. The Morgan fingerprint density at radius 3 is 2.87 bits per heavy atom. The van der Waals surface area contributed by atoms with Gasteiger partial charge in [-0.3, -0.25) is 0 Å². The van der Waals surface area contributed by atoms with Gasteiger partial charge < -0.3 is 9.47 Å². The molecule has 2 nitrogen and oxygen atoms in total. The lowest BCUT2D eigenvalue weighted by Crippen LogP contribution is -2.03. The minimum absolute atomic E-state index is 0.295. The average Bonchev–Trinajstić information content (AvgIpc) is 2.28. The van der Waals surface area contributed by atoms with Crippen LogP contribution in [0.2, 0.25) is 0 Å². The van der Waals surface area contributed by atoms with Gasteiger partial charge in [0.25, 0.3) is 0 Å². The summed E-state index contributed by atoms with van der Waals surface area (Å²) in [7, 11) is 0. The predicted molar refractivity (Wildman–Crippen MR) is 60.7 cm³/mol. The molecule has 0 aliphatic rings. The third-order valence-corrected chi connectivity index (χ3v) is 2.01. The van der Waals surface area contributed by atoms with Crippen LogP contribution >= 0.6 is 0 Å². The summed E-state index contributed by atoms with van der Waals surface area (Å²) < 4.78 is 10.6. The topological polar surface area (TPSA) is 18.5 Å². The lowest BCUT2D eigenvalue weighted by atomic mass is 10.1. The Morgan fingerprint density at radius 1 is 1.33 bits per heavy atom. The molecule has 15 heavy (non-hydrogen) atoms. The number of benzene rings is 1. The summed E-state index contributed by atoms with van der Waals surface area (Å²) in [6, 6.07) is 7.89. The predicted octanol–water partition coefficient (Wildman–Crippen LogP) is 2.63. The summed E-state index contributed by atoms with van der Waals surface area (Å²) in [4.78, 5) is 0. The third kappa shape index (κ3) is 4.05. The molecule has 0 aliphatic carbocycles. The Morgan fingerprint density at radius 2 is 2.13 bits per heavy atom. The first-order valence-corrected chi connectivity index (χ1v) is 5.10. The highest BCUT2D eigenvalue weighted by Gasteiger charge is 2.01. The second-order valence-electron chi connectivity index (χ2n) is 3.07. The number of para-hydroxylation sites is 1. The van der Waals surface area contributed by atoms with Crippen LogP contribution in [0.15, 0.2) is 24.3 Å². The molecule has 0 saturated heterocycles. The van der Waals surface area contributed by atoms with Gasteiger partial charge in [0, 0.05) is 13.0 Å². The molecule has 0 heterocycles. The summed E-state index contributed by atoms with van der Waals surface area (Å²) in [6.45, 7) is 2.89. The number of terminal acetylenes is 1. The summed E-state index contributed by atoms with van der Waals surface area (Å²) in [5, 5.41) is 0. The highest BCUT2D eigenvalue weighted by atomic mass is 16.7. The van der Waals surface area contributed by atoms with E-state index in [1.165, 1.54) is 0 Å². The molecule has 0 fully saturated rings. The van der Waals surface area contributed by atoms with Gasteiger partial charge in [-0.25, -0.2) is 0 Å². The quantitative estimate of drug-likeness (QED) is 0.403. The molecular formula is C13H16O2. The van der Waals surface area contributed by atoms with E-state index < -0.39 is 0 Å². The van der Waals surface area contributed by atoms with Crippen molar-refractivity contribution in [3.05, 3.63) is 29.8 Å². The molecule has 1 aromatic rings. The first kappa shape index (κ1) is 11.6. The lowest BCUT2D eigenvalue weighted by molar-refractivity contribution is 0.0218. The number of rotatable bonds is 6. The molecule has 0 bridgehead atoms. The van der Waals surface area contributed by atoms with E-state index in [2.05, 4.69) is 5.92 Å². The molecule has 0 N–H and O–H groups in total. The lowest BCUT2D eigenvalue weighted by Gasteiger charge is -2.09. The van der Waals surface area contributed by atoms with Crippen molar-refractivity contribution in [2.75, 3.05) is 13.4 Å². The van der Waals surface area contributed by atoms with Gasteiger partial charge in [-0.1, -0.05) is 18.2 Å². The summed E-state index contributed by atoms with van der Waals surface area (Å²) in [5.41, 5.74) is 1.13. The Balaban J connectivity index is 2.56. The van der Waals surface area contributed by atoms with Crippen molar-refractivity contribution >= 4 is 0 Å². The van der Waals surface area contributed by atoms with Gasteiger partial charge in [-0.2, -0.15) is 0 Å². The molecule has 1 rings (SSSR count). The van der Waals surface area contributed by atoms with Gasteiger partial charge in [0.05, 0.1) is 0 Å². The number of hydrogen-bond donors (Lipinski definition) is 0. The Bertz CT molecular complexity index is 326. The zero-order valence-electron chi connectivity index (χ0n) is 9.03. The molecule has 0 aromatic heterocycles. The number of aryl methyl sites for hydroxylation is 1. The molecule has 0 atom stereocenters. The van der Waals surface area contributed by atoms with E-state index in [9.17, 15) is 0 Å². The van der Waals surface area contributed by atoms with Crippen molar-refractivity contribution in [1.29, 1.82) is 0 Å². The van der Waals surface area contributed by atoms with Crippen molar-refractivity contribution in [3.63, 3.8) is 0 Å². The van der Waals surface area contributed by atoms with Gasteiger partial charge in [0.15, 0.2) is 6.79 Å². The third-order valence-electron chi connectivity index (χ3n) is 2.01. The standard InChI is InChI=1S/C13H16O2/c1-3-5-8-12-9-6-7-10-13(12)15-11-14-4-2/h1,6-7,9-10H,4-5,8,11H2,2H3. The SMILES string of the molecule is C#CCCc1ccccc1OCOCC. The molecule has 0 radical (unpaired) electrons. The zero-order valence-corrected chi connectivity index (χ0v) is 9.03. The molecule has 1 aromatic carbocycles. The highest BCUT2D eigenvalue weighted by Crippen LogP contribution is 2.19. The molecule has 0 amide bonds. The van der Waals surface area contributed by atoms with Crippen LogP contribution in [-0.4, -0.2) is 13.4 Å². The first-order chi connectivity index (χ1) is 7.38. The Labute approximate surface area is 91.2 Å². The van der Waals surface area contributed by atoms with Crippen molar-refractivity contribution in [2.24, 2.45) is 0 Å². The summed E-state index contributed by atoms with van der Waals surface area (Å²) in [5.74, 6) is 3.49. The van der Waals surface area contributed by atoms with Crippen molar-refractivity contribution in [2.45, 2.75) is 19.8 Å². The second-order valence-corrected chi connectivity index (χ2v) is 3.07. The average molecular weight is 204 g/mol. The van der Waals surface area contributed by atoms with Crippen LogP contribution < -0.4 is 4.74 Å². The molecule has 0 saturated carbocycles. The minimum Gasteiger partial charge on any atom is -0.467 e. The molecule has 0 spiro atoms. The maximum absolute atomic E-state index is 5.48. The Hall–Kier alpha value is -1.46. The molecular weight excluding hydrogens is 188 g/mol. The fourth-order valence-electron chi connectivity index (χ4n) is 1.25. The van der Waals surface area contributed by atoms with Crippen LogP contribution in [0.5, 0.6) is 5.75 Å². The fourth-order valence-corrected chi connectivity index (χ4v) is 1.25. The monoisotopic (exact) mass is 204 g/mol. The van der Waals surface area contributed by atoms with Gasteiger partial charge in [0.2, 0.25) is 0 Å². The van der Waals surface area contributed by atoms with E-state index in [1.807, 2.05) is 31.2 Å². The van der Waals surface area contributed by atoms with Crippen LogP contribution in [0.1, 0.15) is 18.9 Å². The van der Waals surface area contributed by atoms with Gasteiger partial charge in [-0.15, -0.1) is 12.3 Å². The normalized spacial score (nSPS) is 9.60. The van der Waals surface area contributed by atoms with Crippen LogP contribution in [0.4, 0.5) is 0 Å². The second kappa shape index (κ2) is 6.92. The smallest absolute Gasteiger partial charge is 0.189 e. The Kier molecular flexibility index (Phi) is 5.35. The van der Waals surface area contributed by atoms with E-state index >= 15 is 0 Å². The fraction of sp³-hybridized carbons (Fsp3) is 0.385. The number of hydrogen-bond acceptors (Lipinski definition) is 2.